The van der Waals surface area contributed by atoms with Gasteiger partial charge in [-0.15, -0.1) is 0 Å². The van der Waals surface area contributed by atoms with Gasteiger partial charge < -0.3 is 0 Å². The van der Waals surface area contributed by atoms with E-state index in [-0.39, 0.29) is 5.92 Å². The van der Waals surface area contributed by atoms with E-state index in [2.05, 4.69) is 25.9 Å². The van der Waals surface area contributed by atoms with Crippen molar-refractivity contribution in [2.75, 3.05) is 0 Å². The highest BCUT2D eigenvalue weighted by molar-refractivity contribution is 5.82. The molecule has 0 radical (unpaired) electrons. The van der Waals surface area contributed by atoms with E-state index >= 15 is 0 Å². The number of carbonyl (C=O) groups excluding carboxylic acids is 1. The maximum Gasteiger partial charge on any atom is 0.141 e. The minimum atomic E-state index is 0.208. The fourth-order valence-corrected chi connectivity index (χ4v) is 1.98. The van der Waals surface area contributed by atoms with E-state index in [1.54, 1.807) is 0 Å². The number of hydrogen-bond donors (Lipinski definition) is 0. The van der Waals surface area contributed by atoms with Gasteiger partial charge in [-0.05, 0) is 25.3 Å². The first-order valence-corrected chi connectivity index (χ1v) is 6.16. The zero-order valence-electron chi connectivity index (χ0n) is 10.8. The lowest BCUT2D eigenvalue weighted by molar-refractivity contribution is -0.122. The van der Waals surface area contributed by atoms with Crippen molar-refractivity contribution in [3.63, 3.8) is 0 Å². The number of aryl methyl sites for hydroxylation is 2. The Morgan fingerprint density at radius 2 is 2.00 bits per heavy atom. The Bertz CT molecular complexity index is 351. The van der Waals surface area contributed by atoms with Gasteiger partial charge in [0.15, 0.2) is 0 Å². The van der Waals surface area contributed by atoms with E-state index in [0.29, 0.717) is 12.2 Å². The quantitative estimate of drug-likeness (QED) is 0.741. The molecule has 0 atom stereocenters. The van der Waals surface area contributed by atoms with Gasteiger partial charge in [0.05, 0.1) is 5.69 Å². The molecule has 0 N–H and O–H groups in total. The highest BCUT2D eigenvalue weighted by Gasteiger charge is 2.16. The van der Waals surface area contributed by atoms with E-state index in [4.69, 9.17) is 0 Å². The first-order valence-electron chi connectivity index (χ1n) is 6.16. The number of hydrogen-bond acceptors (Lipinski definition) is 2. The number of rotatable bonds is 6. The fourth-order valence-electron chi connectivity index (χ4n) is 1.98. The van der Waals surface area contributed by atoms with Crippen molar-refractivity contribution in [2.45, 2.75) is 46.5 Å². The Kier molecular flexibility index (Phi) is 4.71. The summed E-state index contributed by atoms with van der Waals surface area (Å²) in [6, 6.07) is 2.04. The summed E-state index contributed by atoms with van der Waals surface area (Å²) in [4.78, 5) is 12.0. The number of nitrogens with zero attached hydrogens (tertiary/aromatic N) is 2. The van der Waals surface area contributed by atoms with Crippen LogP contribution in [0.15, 0.2) is 6.07 Å². The molecule has 0 aliphatic rings. The normalized spacial score (nSPS) is 11.1. The van der Waals surface area contributed by atoms with Crippen LogP contribution in [0.25, 0.3) is 0 Å². The Balaban J connectivity index is 2.72. The van der Waals surface area contributed by atoms with E-state index in [1.807, 2.05) is 17.8 Å². The molecule has 1 rings (SSSR count). The highest BCUT2D eigenvalue weighted by Crippen LogP contribution is 2.13. The van der Waals surface area contributed by atoms with Crippen LogP contribution in [0.2, 0.25) is 0 Å². The van der Waals surface area contributed by atoms with Crippen molar-refractivity contribution >= 4 is 5.78 Å². The third-order valence-electron chi connectivity index (χ3n) is 3.19. The molecule has 90 valence electrons. The molecule has 3 heteroatoms. The maximum absolute atomic E-state index is 12.0. The van der Waals surface area contributed by atoms with Crippen LogP contribution in [0.4, 0.5) is 0 Å². The van der Waals surface area contributed by atoms with Crippen LogP contribution in [0.5, 0.6) is 0 Å². The first-order chi connectivity index (χ1) is 7.62. The number of ketones is 1. The Hall–Kier alpha value is -1.12. The minimum Gasteiger partial charge on any atom is -0.299 e. The lowest BCUT2D eigenvalue weighted by Gasteiger charge is -2.10. The minimum absolute atomic E-state index is 0.208. The Morgan fingerprint density at radius 1 is 1.38 bits per heavy atom. The number of Topliss-reactive ketones (excluding diaryl/α,β-unsaturated/α-hetero) is 1. The summed E-state index contributed by atoms with van der Waals surface area (Å²) < 4.78 is 1.83. The molecular formula is C13H22N2O. The predicted molar refractivity (Wildman–Crippen MR) is 65.4 cm³/mol. The van der Waals surface area contributed by atoms with Crippen molar-refractivity contribution < 1.29 is 4.79 Å². The molecule has 0 aromatic carbocycles. The SMILES string of the molecule is CCc1cc(CC(=O)C(CC)CC)n(C)n1. The largest absolute Gasteiger partial charge is 0.299 e. The summed E-state index contributed by atoms with van der Waals surface area (Å²) >= 11 is 0. The van der Waals surface area contributed by atoms with E-state index in [1.165, 1.54) is 0 Å². The van der Waals surface area contributed by atoms with Crippen molar-refractivity contribution in [1.29, 1.82) is 0 Å². The topological polar surface area (TPSA) is 34.9 Å². The van der Waals surface area contributed by atoms with Gasteiger partial charge in [0.2, 0.25) is 0 Å². The third-order valence-corrected chi connectivity index (χ3v) is 3.19. The summed E-state index contributed by atoms with van der Waals surface area (Å²) in [5.74, 6) is 0.552. The molecule has 0 aliphatic carbocycles. The van der Waals surface area contributed by atoms with Gasteiger partial charge in [0.1, 0.15) is 5.78 Å². The highest BCUT2D eigenvalue weighted by atomic mass is 16.1. The van der Waals surface area contributed by atoms with Gasteiger partial charge in [-0.3, -0.25) is 9.48 Å². The molecular weight excluding hydrogens is 200 g/mol. The second kappa shape index (κ2) is 5.83. The molecule has 0 bridgehead atoms. The number of carbonyl (C=O) groups is 1. The summed E-state index contributed by atoms with van der Waals surface area (Å²) in [5.41, 5.74) is 2.10. The zero-order valence-corrected chi connectivity index (χ0v) is 10.8. The molecule has 1 aromatic rings. The third kappa shape index (κ3) is 2.94. The standard InChI is InChI=1S/C13H22N2O/c1-5-10(6-2)13(16)9-12-8-11(7-3)14-15(12)4/h8,10H,5-7,9H2,1-4H3. The van der Waals surface area contributed by atoms with Gasteiger partial charge in [-0.2, -0.15) is 5.10 Å². The van der Waals surface area contributed by atoms with Crippen LogP contribution in [0, 0.1) is 5.92 Å². The molecule has 0 aliphatic heterocycles. The van der Waals surface area contributed by atoms with Crippen LogP contribution in [0.1, 0.15) is 45.0 Å². The van der Waals surface area contributed by atoms with Gasteiger partial charge >= 0.3 is 0 Å². The molecule has 0 amide bonds. The molecule has 0 saturated carbocycles. The Labute approximate surface area is 97.8 Å². The van der Waals surface area contributed by atoms with Crippen molar-refractivity contribution in [2.24, 2.45) is 13.0 Å². The summed E-state index contributed by atoms with van der Waals surface area (Å²) in [6.45, 7) is 6.23. The zero-order chi connectivity index (χ0) is 12.1. The average molecular weight is 222 g/mol. The molecule has 3 nitrogen and oxygen atoms in total. The lowest BCUT2D eigenvalue weighted by Crippen LogP contribution is -2.16. The maximum atomic E-state index is 12.0. The van der Waals surface area contributed by atoms with Gasteiger partial charge in [0, 0.05) is 25.1 Å². The molecule has 1 heterocycles. The van der Waals surface area contributed by atoms with E-state index < -0.39 is 0 Å². The molecule has 1 aromatic heterocycles. The lowest BCUT2D eigenvalue weighted by atomic mass is 9.95. The summed E-state index contributed by atoms with van der Waals surface area (Å²) in [7, 11) is 1.91. The van der Waals surface area contributed by atoms with Crippen LogP contribution in [-0.2, 0) is 24.7 Å². The van der Waals surface area contributed by atoms with Gasteiger partial charge in [0.25, 0.3) is 0 Å². The average Bonchev–Trinajstić information content (AvgIpc) is 2.61. The predicted octanol–water partition coefficient (Wildman–Crippen LogP) is 2.53. The van der Waals surface area contributed by atoms with Crippen LogP contribution in [0.3, 0.4) is 0 Å². The Morgan fingerprint density at radius 3 is 2.44 bits per heavy atom. The van der Waals surface area contributed by atoms with Crippen molar-refractivity contribution in [3.8, 4) is 0 Å². The van der Waals surface area contributed by atoms with Crippen LogP contribution < -0.4 is 0 Å². The van der Waals surface area contributed by atoms with E-state index in [0.717, 1.165) is 30.7 Å². The second-order valence-corrected chi connectivity index (χ2v) is 4.26. The molecule has 0 spiro atoms. The first kappa shape index (κ1) is 12.9. The summed E-state index contributed by atoms with van der Waals surface area (Å²) in [5, 5.41) is 4.36. The van der Waals surface area contributed by atoms with Crippen molar-refractivity contribution in [1.82, 2.24) is 9.78 Å². The van der Waals surface area contributed by atoms with Crippen molar-refractivity contribution in [3.05, 3.63) is 17.5 Å². The molecule has 16 heavy (non-hydrogen) atoms. The molecule has 0 saturated heterocycles. The second-order valence-electron chi connectivity index (χ2n) is 4.26. The summed E-state index contributed by atoms with van der Waals surface area (Å²) in [6.07, 6.45) is 3.32. The van der Waals surface area contributed by atoms with Crippen LogP contribution >= 0.6 is 0 Å². The molecule has 0 unspecified atom stereocenters. The molecule has 0 fully saturated rings. The smallest absolute Gasteiger partial charge is 0.141 e. The van der Waals surface area contributed by atoms with Gasteiger partial charge in [-0.25, -0.2) is 0 Å². The van der Waals surface area contributed by atoms with Gasteiger partial charge in [-0.1, -0.05) is 20.8 Å². The monoisotopic (exact) mass is 222 g/mol. The van der Waals surface area contributed by atoms with E-state index in [9.17, 15) is 4.79 Å². The fraction of sp³-hybridized carbons (Fsp3) is 0.692. The number of aromatic nitrogens is 2. The van der Waals surface area contributed by atoms with Crippen LogP contribution in [-0.4, -0.2) is 15.6 Å².